The lowest BCUT2D eigenvalue weighted by molar-refractivity contribution is 0.295. The first-order valence-electron chi connectivity index (χ1n) is 7.03. The molecule has 0 amide bonds. The molecule has 2 saturated carbocycles. The highest BCUT2D eigenvalue weighted by Gasteiger charge is 2.26. The zero-order valence-electron chi connectivity index (χ0n) is 10.5. The largest absolute Gasteiger partial charge is 0.311 e. The van der Waals surface area contributed by atoms with Crippen LogP contribution in [-0.2, 0) is 0 Å². The van der Waals surface area contributed by atoms with Crippen LogP contribution in [0.15, 0.2) is 0 Å². The van der Waals surface area contributed by atoms with Gasteiger partial charge in [0.1, 0.15) is 0 Å². The predicted molar refractivity (Wildman–Crippen MR) is 66.0 cm³/mol. The summed E-state index contributed by atoms with van der Waals surface area (Å²) < 4.78 is 0. The van der Waals surface area contributed by atoms with Crippen molar-refractivity contribution in [3.05, 3.63) is 0 Å². The van der Waals surface area contributed by atoms with Crippen molar-refractivity contribution in [1.29, 1.82) is 0 Å². The standard InChI is InChI=1S/C14H27N/c1-11(13-7-3-4-8-13)15-12(2)14-9-5-6-10-14/h11-15H,3-10H2,1-2H3/t11-,12?/m1/s1. The molecule has 2 aliphatic carbocycles. The molecule has 0 heterocycles. The smallest absolute Gasteiger partial charge is 0.00695 e. The minimum absolute atomic E-state index is 0.753. The van der Waals surface area contributed by atoms with E-state index in [4.69, 9.17) is 0 Å². The second-order valence-corrected chi connectivity index (χ2v) is 5.83. The fourth-order valence-corrected chi connectivity index (χ4v) is 3.60. The van der Waals surface area contributed by atoms with Gasteiger partial charge >= 0.3 is 0 Å². The zero-order chi connectivity index (χ0) is 10.7. The predicted octanol–water partition coefficient (Wildman–Crippen LogP) is 3.73. The molecule has 0 spiro atoms. The molecule has 1 heteroatoms. The van der Waals surface area contributed by atoms with E-state index in [1.807, 2.05) is 0 Å². The van der Waals surface area contributed by atoms with Crippen LogP contribution in [-0.4, -0.2) is 12.1 Å². The average molecular weight is 209 g/mol. The van der Waals surface area contributed by atoms with Crippen LogP contribution < -0.4 is 5.32 Å². The molecule has 15 heavy (non-hydrogen) atoms. The van der Waals surface area contributed by atoms with Gasteiger partial charge in [0, 0.05) is 12.1 Å². The molecule has 0 aliphatic heterocycles. The Labute approximate surface area is 95.0 Å². The summed E-state index contributed by atoms with van der Waals surface area (Å²) in [6, 6.07) is 1.51. The first-order valence-corrected chi connectivity index (χ1v) is 7.03. The Morgan fingerprint density at radius 3 is 1.40 bits per heavy atom. The van der Waals surface area contributed by atoms with Gasteiger partial charge < -0.3 is 5.32 Å². The van der Waals surface area contributed by atoms with E-state index < -0.39 is 0 Å². The van der Waals surface area contributed by atoms with Crippen molar-refractivity contribution in [2.24, 2.45) is 11.8 Å². The number of hydrogen-bond acceptors (Lipinski definition) is 1. The van der Waals surface area contributed by atoms with Crippen LogP contribution in [0.1, 0.15) is 65.2 Å². The van der Waals surface area contributed by atoms with Gasteiger partial charge in [0.05, 0.1) is 0 Å². The summed E-state index contributed by atoms with van der Waals surface area (Å²) in [6.07, 6.45) is 11.7. The molecule has 0 bridgehead atoms. The summed E-state index contributed by atoms with van der Waals surface area (Å²) in [6.45, 7) is 4.81. The Bertz CT molecular complexity index is 158. The van der Waals surface area contributed by atoms with Crippen molar-refractivity contribution < 1.29 is 0 Å². The summed E-state index contributed by atoms with van der Waals surface area (Å²) in [5.41, 5.74) is 0. The van der Waals surface area contributed by atoms with Crippen LogP contribution in [0.3, 0.4) is 0 Å². The van der Waals surface area contributed by atoms with Crippen LogP contribution in [0, 0.1) is 11.8 Å². The van der Waals surface area contributed by atoms with Crippen LogP contribution in [0.2, 0.25) is 0 Å². The quantitative estimate of drug-likeness (QED) is 0.744. The van der Waals surface area contributed by atoms with E-state index in [0.29, 0.717) is 0 Å². The molecule has 1 unspecified atom stereocenters. The van der Waals surface area contributed by atoms with E-state index in [9.17, 15) is 0 Å². The maximum atomic E-state index is 3.86. The number of rotatable bonds is 4. The monoisotopic (exact) mass is 209 g/mol. The molecular weight excluding hydrogens is 182 g/mol. The molecule has 1 N–H and O–H groups in total. The lowest BCUT2D eigenvalue weighted by Crippen LogP contribution is -2.42. The van der Waals surface area contributed by atoms with E-state index in [1.165, 1.54) is 51.4 Å². The van der Waals surface area contributed by atoms with Gasteiger partial charge in [0.25, 0.3) is 0 Å². The molecule has 88 valence electrons. The van der Waals surface area contributed by atoms with Crippen LogP contribution in [0.4, 0.5) is 0 Å². The van der Waals surface area contributed by atoms with Gasteiger partial charge in [-0.05, 0) is 51.4 Å². The van der Waals surface area contributed by atoms with Gasteiger partial charge in [-0.2, -0.15) is 0 Å². The lowest BCUT2D eigenvalue weighted by atomic mass is 9.95. The molecule has 0 aromatic heterocycles. The van der Waals surface area contributed by atoms with E-state index in [2.05, 4.69) is 19.2 Å². The summed E-state index contributed by atoms with van der Waals surface area (Å²) in [5, 5.41) is 3.86. The first kappa shape index (κ1) is 11.4. The fraction of sp³-hybridized carbons (Fsp3) is 1.00. The van der Waals surface area contributed by atoms with Crippen LogP contribution >= 0.6 is 0 Å². The first-order chi connectivity index (χ1) is 7.27. The maximum Gasteiger partial charge on any atom is 0.00695 e. The maximum absolute atomic E-state index is 3.86. The molecule has 2 rings (SSSR count). The van der Waals surface area contributed by atoms with Gasteiger partial charge in [-0.15, -0.1) is 0 Å². The van der Waals surface area contributed by atoms with Crippen molar-refractivity contribution >= 4 is 0 Å². The average Bonchev–Trinajstić information content (AvgIpc) is 2.91. The topological polar surface area (TPSA) is 12.0 Å². The second-order valence-electron chi connectivity index (χ2n) is 5.83. The van der Waals surface area contributed by atoms with Crippen LogP contribution in [0.5, 0.6) is 0 Å². The van der Waals surface area contributed by atoms with E-state index in [-0.39, 0.29) is 0 Å². The summed E-state index contributed by atoms with van der Waals surface area (Å²) >= 11 is 0. The van der Waals surface area contributed by atoms with Crippen molar-refractivity contribution in [2.75, 3.05) is 0 Å². The molecule has 0 saturated heterocycles. The Morgan fingerprint density at radius 2 is 1.07 bits per heavy atom. The minimum atomic E-state index is 0.753. The van der Waals surface area contributed by atoms with Crippen molar-refractivity contribution in [3.63, 3.8) is 0 Å². The van der Waals surface area contributed by atoms with Gasteiger partial charge in [-0.1, -0.05) is 25.7 Å². The summed E-state index contributed by atoms with van der Waals surface area (Å²) in [7, 11) is 0. The molecule has 0 aromatic carbocycles. The Balaban J connectivity index is 1.74. The van der Waals surface area contributed by atoms with E-state index in [1.54, 1.807) is 0 Å². The third kappa shape index (κ3) is 2.96. The number of hydrogen-bond donors (Lipinski definition) is 1. The minimum Gasteiger partial charge on any atom is -0.311 e. The van der Waals surface area contributed by atoms with Crippen molar-refractivity contribution in [2.45, 2.75) is 77.3 Å². The van der Waals surface area contributed by atoms with Gasteiger partial charge in [-0.25, -0.2) is 0 Å². The molecular formula is C14H27N. The normalized spacial score (nSPS) is 28.4. The number of nitrogens with one attached hydrogen (secondary N) is 1. The zero-order valence-corrected chi connectivity index (χ0v) is 10.5. The Hall–Kier alpha value is -0.0400. The van der Waals surface area contributed by atoms with Gasteiger partial charge in [0.2, 0.25) is 0 Å². The van der Waals surface area contributed by atoms with Gasteiger partial charge in [-0.3, -0.25) is 0 Å². The molecule has 0 radical (unpaired) electrons. The van der Waals surface area contributed by atoms with E-state index >= 15 is 0 Å². The fourth-order valence-electron chi connectivity index (χ4n) is 3.60. The van der Waals surface area contributed by atoms with Gasteiger partial charge in [0.15, 0.2) is 0 Å². The van der Waals surface area contributed by atoms with Crippen LogP contribution in [0.25, 0.3) is 0 Å². The molecule has 2 atom stereocenters. The summed E-state index contributed by atoms with van der Waals surface area (Å²) in [4.78, 5) is 0. The Morgan fingerprint density at radius 1 is 0.733 bits per heavy atom. The molecule has 1 nitrogen and oxygen atoms in total. The second kappa shape index (κ2) is 5.34. The SMILES string of the molecule is CC(N[C@H](C)C1CCCC1)C1CCCC1. The highest BCUT2D eigenvalue weighted by Crippen LogP contribution is 2.30. The highest BCUT2D eigenvalue weighted by atomic mass is 15.0. The molecule has 0 aromatic rings. The highest BCUT2D eigenvalue weighted by molar-refractivity contribution is 4.83. The Kier molecular flexibility index (Phi) is 4.07. The lowest BCUT2D eigenvalue weighted by Gasteiger charge is -2.28. The third-order valence-corrected chi connectivity index (χ3v) is 4.74. The third-order valence-electron chi connectivity index (χ3n) is 4.74. The molecule has 2 fully saturated rings. The van der Waals surface area contributed by atoms with Crippen molar-refractivity contribution in [3.8, 4) is 0 Å². The summed E-state index contributed by atoms with van der Waals surface area (Å²) in [5.74, 6) is 1.93. The molecule has 2 aliphatic rings. The van der Waals surface area contributed by atoms with E-state index in [0.717, 1.165) is 23.9 Å². The van der Waals surface area contributed by atoms with Crippen molar-refractivity contribution in [1.82, 2.24) is 5.32 Å².